The van der Waals surface area contributed by atoms with Gasteiger partial charge in [0.2, 0.25) is 0 Å². The Labute approximate surface area is 163 Å². The molecule has 0 atom stereocenters. The van der Waals surface area contributed by atoms with Gasteiger partial charge >= 0.3 is 37.9 Å². The van der Waals surface area contributed by atoms with Crippen molar-refractivity contribution in [3.8, 4) is 5.75 Å². The van der Waals surface area contributed by atoms with Gasteiger partial charge in [0.25, 0.3) is 0 Å². The second-order valence-corrected chi connectivity index (χ2v) is 11.4. The van der Waals surface area contributed by atoms with Crippen molar-refractivity contribution in [1.82, 2.24) is 0 Å². The molecule has 4 aliphatic rings. The fourth-order valence-electron chi connectivity index (χ4n) is 5.72. The van der Waals surface area contributed by atoms with E-state index in [1.165, 1.54) is 44.1 Å². The zero-order valence-electron chi connectivity index (χ0n) is 14.1. The fourth-order valence-corrected chi connectivity index (χ4v) is 5.72. The molecule has 0 unspecified atom stereocenters. The summed E-state index contributed by atoms with van der Waals surface area (Å²) in [6.07, 6.45) is 10.0. The molecule has 130 valence electrons. The predicted molar refractivity (Wildman–Crippen MR) is 97.8 cm³/mol. The molecular formula is C19H25Cl2NOZr. The first-order chi connectivity index (χ1) is 11.6. The van der Waals surface area contributed by atoms with Crippen molar-refractivity contribution >= 4 is 23.2 Å². The second-order valence-electron chi connectivity index (χ2n) is 7.64. The topological polar surface area (TPSA) is 32.6 Å². The van der Waals surface area contributed by atoms with Crippen LogP contribution < -0.4 is 0 Å². The number of phenolic OH excluding ortho intramolecular Hbond substituents is 1. The first kappa shape index (κ1) is 18.9. The average molecular weight is 446 g/mol. The molecule has 0 heterocycles. The Bertz CT molecular complexity index is 570. The van der Waals surface area contributed by atoms with Gasteiger partial charge in [-0.1, -0.05) is 12.1 Å². The van der Waals surface area contributed by atoms with Crippen LogP contribution in [0.1, 0.15) is 56.6 Å². The van der Waals surface area contributed by atoms with Gasteiger partial charge in [-0.2, -0.15) is 0 Å². The van der Waals surface area contributed by atoms with Crippen LogP contribution >= 0.6 is 17.0 Å². The van der Waals surface area contributed by atoms with Crippen LogP contribution in [0.5, 0.6) is 5.75 Å². The first-order valence-electron chi connectivity index (χ1n) is 8.90. The zero-order valence-corrected chi connectivity index (χ0v) is 18.1. The van der Waals surface area contributed by atoms with Crippen LogP contribution in [0.4, 0.5) is 0 Å². The summed E-state index contributed by atoms with van der Waals surface area (Å²) in [5.74, 6) is 3.22. The minimum absolute atomic E-state index is 0.259. The summed E-state index contributed by atoms with van der Waals surface area (Å²) in [4.78, 5) is 4.31. The van der Waals surface area contributed by atoms with Crippen molar-refractivity contribution in [2.24, 2.45) is 22.7 Å². The van der Waals surface area contributed by atoms with Crippen LogP contribution in [0.25, 0.3) is 0 Å². The van der Waals surface area contributed by atoms with Crippen molar-refractivity contribution in [1.29, 1.82) is 0 Å². The standard InChI is InChI=1S/C19H25NO.2ClH.Zr/c1-2-20-12-16-4-3-5-17(18(16)21)19-9-13-6-14(10-19)8-15(7-13)11-19;;;/h3-5,12-15,21H,2,6-11H2,1H3;2*1H;/q;;;+2/p-2. The first-order valence-corrected chi connectivity index (χ1v) is 15.2. The van der Waals surface area contributed by atoms with E-state index in [1.807, 2.05) is 19.2 Å². The molecule has 0 amide bonds. The molecule has 2 nitrogen and oxygen atoms in total. The van der Waals surface area contributed by atoms with Gasteiger partial charge in [0, 0.05) is 23.9 Å². The SMILES string of the molecule is CCN=Cc1cccc(C23CC4CC(CC(C4)C2)C3)c1O.[Cl][Zr][Cl]. The molecule has 0 saturated heterocycles. The van der Waals surface area contributed by atoms with Crippen molar-refractivity contribution < 1.29 is 26.0 Å². The van der Waals surface area contributed by atoms with E-state index in [0.717, 1.165) is 29.9 Å². The number of nitrogens with zero attached hydrogens (tertiary/aromatic N) is 1. The molecular weight excluding hydrogens is 420 g/mol. The van der Waals surface area contributed by atoms with E-state index in [0.29, 0.717) is 5.75 Å². The summed E-state index contributed by atoms with van der Waals surface area (Å²) in [5.41, 5.74) is 2.36. The number of hydrogen-bond acceptors (Lipinski definition) is 2. The van der Waals surface area contributed by atoms with Crippen LogP contribution in [-0.4, -0.2) is 17.9 Å². The Balaban J connectivity index is 0.000000526. The third-order valence-corrected chi connectivity index (χ3v) is 6.09. The second kappa shape index (κ2) is 8.23. The van der Waals surface area contributed by atoms with Crippen LogP contribution in [0.15, 0.2) is 23.2 Å². The summed E-state index contributed by atoms with van der Waals surface area (Å²) in [5, 5.41) is 10.8. The molecule has 0 spiro atoms. The molecule has 4 aliphatic carbocycles. The van der Waals surface area contributed by atoms with Crippen LogP contribution in [0.3, 0.4) is 0 Å². The predicted octanol–water partition coefficient (Wildman–Crippen LogP) is 5.68. The van der Waals surface area contributed by atoms with Crippen LogP contribution in [0, 0.1) is 17.8 Å². The number of rotatable bonds is 3. The molecule has 5 heteroatoms. The Morgan fingerprint density at radius 1 is 1.17 bits per heavy atom. The van der Waals surface area contributed by atoms with Crippen LogP contribution in [0.2, 0.25) is 0 Å². The van der Waals surface area contributed by atoms with Crippen molar-refractivity contribution in [3.05, 3.63) is 29.3 Å². The van der Waals surface area contributed by atoms with Gasteiger partial charge in [0.15, 0.2) is 0 Å². The summed E-state index contributed by atoms with van der Waals surface area (Å²) in [6.45, 7) is 2.79. The number of hydrogen-bond donors (Lipinski definition) is 1. The molecule has 0 aromatic heterocycles. The number of para-hydroxylation sites is 1. The molecule has 4 saturated carbocycles. The molecule has 0 radical (unpaired) electrons. The Hall–Kier alpha value is 0.153. The molecule has 24 heavy (non-hydrogen) atoms. The van der Waals surface area contributed by atoms with Crippen molar-refractivity contribution in [2.45, 2.75) is 50.9 Å². The summed E-state index contributed by atoms with van der Waals surface area (Å²) in [6, 6.07) is 6.26. The molecule has 1 aromatic carbocycles. The third-order valence-electron chi connectivity index (χ3n) is 6.09. The van der Waals surface area contributed by atoms with Gasteiger partial charge < -0.3 is 5.11 Å². The number of aliphatic imine (C=N–C) groups is 1. The van der Waals surface area contributed by atoms with Crippen molar-refractivity contribution in [2.75, 3.05) is 6.54 Å². The monoisotopic (exact) mass is 443 g/mol. The van der Waals surface area contributed by atoms with E-state index < -0.39 is 20.8 Å². The number of phenols is 1. The minimum atomic E-state index is -0.826. The average Bonchev–Trinajstić information content (AvgIpc) is 2.53. The van der Waals surface area contributed by atoms with Gasteiger partial charge in [0.1, 0.15) is 5.75 Å². The van der Waals surface area contributed by atoms with E-state index in [9.17, 15) is 5.11 Å². The normalized spacial score (nSPS) is 33.4. The summed E-state index contributed by atoms with van der Waals surface area (Å²) < 4.78 is 0. The number of benzene rings is 1. The maximum atomic E-state index is 10.8. The third kappa shape index (κ3) is 3.79. The molecule has 0 aliphatic heterocycles. The number of aromatic hydroxyl groups is 1. The zero-order chi connectivity index (χ0) is 17.2. The van der Waals surface area contributed by atoms with E-state index >= 15 is 0 Å². The Morgan fingerprint density at radius 2 is 1.71 bits per heavy atom. The van der Waals surface area contributed by atoms with Crippen LogP contribution in [-0.2, 0) is 26.3 Å². The van der Waals surface area contributed by atoms with Gasteiger partial charge in [-0.15, -0.1) is 0 Å². The molecule has 1 aromatic rings. The maximum absolute atomic E-state index is 10.8. The molecule has 4 fully saturated rings. The van der Waals surface area contributed by atoms with E-state index in [-0.39, 0.29) is 5.41 Å². The van der Waals surface area contributed by atoms with Gasteiger partial charge in [-0.3, -0.25) is 4.99 Å². The Kier molecular flexibility index (Phi) is 6.49. The molecule has 5 rings (SSSR count). The Morgan fingerprint density at radius 3 is 2.21 bits per heavy atom. The van der Waals surface area contributed by atoms with Gasteiger partial charge in [-0.25, -0.2) is 0 Å². The quantitative estimate of drug-likeness (QED) is 0.597. The van der Waals surface area contributed by atoms with E-state index in [2.05, 4.69) is 17.1 Å². The van der Waals surface area contributed by atoms with Crippen molar-refractivity contribution in [3.63, 3.8) is 0 Å². The summed E-state index contributed by atoms with van der Waals surface area (Å²) >= 11 is -0.826. The van der Waals surface area contributed by atoms with Gasteiger partial charge in [-0.05, 0) is 74.7 Å². The van der Waals surface area contributed by atoms with Gasteiger partial charge in [0.05, 0.1) is 0 Å². The fraction of sp³-hybridized carbons (Fsp3) is 0.632. The summed E-state index contributed by atoms with van der Waals surface area (Å²) in [7, 11) is 9.87. The molecule has 1 N–H and O–H groups in total. The van der Waals surface area contributed by atoms with E-state index in [1.54, 1.807) is 0 Å². The number of halogens is 2. The molecule has 4 bridgehead atoms. The van der Waals surface area contributed by atoms with E-state index in [4.69, 9.17) is 17.0 Å².